The van der Waals surface area contributed by atoms with Gasteiger partial charge in [-0.25, -0.2) is 9.59 Å². The van der Waals surface area contributed by atoms with Gasteiger partial charge in [0.2, 0.25) is 0 Å². The molecule has 1 atom stereocenters. The maximum atomic E-state index is 11.4. The summed E-state index contributed by atoms with van der Waals surface area (Å²) in [4.78, 5) is 22.3. The first-order valence-corrected chi connectivity index (χ1v) is 5.35. The Morgan fingerprint density at radius 2 is 1.71 bits per heavy atom. The molecule has 0 aromatic heterocycles. The number of hydrogen-bond donors (Lipinski definition) is 3. The van der Waals surface area contributed by atoms with Gasteiger partial charge in [0.1, 0.15) is 11.6 Å². The lowest BCUT2D eigenvalue weighted by Crippen LogP contribution is -2.46. The van der Waals surface area contributed by atoms with Crippen molar-refractivity contribution in [3.63, 3.8) is 0 Å². The maximum Gasteiger partial charge on any atom is 0.408 e. The Bertz CT molecular complexity index is 287. The fourth-order valence-corrected chi connectivity index (χ4v) is 1.15. The molecule has 0 spiro atoms. The summed E-state index contributed by atoms with van der Waals surface area (Å²) in [5.41, 5.74) is -1.88. The van der Waals surface area contributed by atoms with Gasteiger partial charge in [0, 0.05) is 6.42 Å². The van der Waals surface area contributed by atoms with Gasteiger partial charge in [-0.05, 0) is 34.6 Å². The van der Waals surface area contributed by atoms with E-state index in [4.69, 9.17) is 9.84 Å². The highest BCUT2D eigenvalue weighted by molar-refractivity contribution is 5.80. The average molecular weight is 247 g/mol. The summed E-state index contributed by atoms with van der Waals surface area (Å²) in [6.45, 7) is 7.98. The molecule has 0 heterocycles. The molecule has 3 N–H and O–H groups in total. The number of hydrogen-bond acceptors (Lipinski definition) is 4. The van der Waals surface area contributed by atoms with Crippen molar-refractivity contribution < 1.29 is 24.5 Å². The summed E-state index contributed by atoms with van der Waals surface area (Å²) in [6, 6.07) is -1.18. The summed E-state index contributed by atoms with van der Waals surface area (Å²) in [7, 11) is 0. The highest BCUT2D eigenvalue weighted by atomic mass is 16.6. The van der Waals surface area contributed by atoms with Crippen LogP contribution in [0.25, 0.3) is 0 Å². The largest absolute Gasteiger partial charge is 0.480 e. The summed E-state index contributed by atoms with van der Waals surface area (Å²) >= 11 is 0. The molecule has 0 aliphatic rings. The summed E-state index contributed by atoms with van der Waals surface area (Å²) in [5, 5.41) is 20.6. The zero-order valence-electron chi connectivity index (χ0n) is 10.9. The Morgan fingerprint density at radius 1 is 1.24 bits per heavy atom. The van der Waals surface area contributed by atoms with Gasteiger partial charge in [0.05, 0.1) is 5.60 Å². The van der Waals surface area contributed by atoms with Crippen LogP contribution in [-0.4, -0.2) is 39.5 Å². The van der Waals surface area contributed by atoms with Crippen LogP contribution >= 0.6 is 0 Å². The van der Waals surface area contributed by atoms with Crippen molar-refractivity contribution in [2.45, 2.75) is 58.3 Å². The minimum Gasteiger partial charge on any atom is -0.480 e. The van der Waals surface area contributed by atoms with Gasteiger partial charge >= 0.3 is 12.1 Å². The highest BCUT2D eigenvalue weighted by Gasteiger charge is 2.29. The lowest BCUT2D eigenvalue weighted by Gasteiger charge is -2.25. The molecule has 0 saturated carbocycles. The van der Waals surface area contributed by atoms with Crippen molar-refractivity contribution in [3.8, 4) is 0 Å². The topological polar surface area (TPSA) is 95.9 Å². The predicted octanol–water partition coefficient (Wildman–Crippen LogP) is 1.13. The normalized spacial score (nSPS) is 14.0. The lowest BCUT2D eigenvalue weighted by molar-refractivity contribution is -0.141. The van der Waals surface area contributed by atoms with Crippen LogP contribution in [0.1, 0.15) is 41.0 Å². The number of aliphatic hydroxyl groups is 1. The average Bonchev–Trinajstić information content (AvgIpc) is 1.95. The third-order valence-corrected chi connectivity index (χ3v) is 1.69. The number of amides is 1. The van der Waals surface area contributed by atoms with E-state index in [1.807, 2.05) is 0 Å². The molecule has 0 saturated heterocycles. The molecule has 6 heteroatoms. The second-order valence-corrected chi connectivity index (χ2v) is 5.55. The molecule has 0 aliphatic heterocycles. The second-order valence-electron chi connectivity index (χ2n) is 5.55. The predicted molar refractivity (Wildman–Crippen MR) is 61.7 cm³/mol. The van der Waals surface area contributed by atoms with E-state index in [0.29, 0.717) is 0 Å². The molecule has 6 nitrogen and oxygen atoms in total. The van der Waals surface area contributed by atoms with Gasteiger partial charge < -0.3 is 20.3 Å². The summed E-state index contributed by atoms with van der Waals surface area (Å²) < 4.78 is 4.94. The Balaban J connectivity index is 4.47. The molecule has 1 amide bonds. The van der Waals surface area contributed by atoms with Crippen molar-refractivity contribution in [1.82, 2.24) is 5.32 Å². The van der Waals surface area contributed by atoms with Crippen LogP contribution in [0.2, 0.25) is 0 Å². The smallest absolute Gasteiger partial charge is 0.408 e. The zero-order valence-corrected chi connectivity index (χ0v) is 10.9. The van der Waals surface area contributed by atoms with Gasteiger partial charge in [-0.2, -0.15) is 0 Å². The third kappa shape index (κ3) is 8.50. The van der Waals surface area contributed by atoms with Crippen molar-refractivity contribution in [2.24, 2.45) is 0 Å². The molecule has 0 aliphatic carbocycles. The fourth-order valence-electron chi connectivity index (χ4n) is 1.15. The van der Waals surface area contributed by atoms with Crippen LogP contribution in [0, 0.1) is 0 Å². The standard InChI is InChI=1S/C11H21NO5/c1-10(2,3)17-9(15)12-7(8(13)14)6-11(4,5)16/h7,16H,6H2,1-5H3,(H,12,15)(H,13,14). The maximum absolute atomic E-state index is 11.4. The van der Waals surface area contributed by atoms with Crippen LogP contribution in [-0.2, 0) is 9.53 Å². The van der Waals surface area contributed by atoms with E-state index in [9.17, 15) is 14.7 Å². The molecular formula is C11H21NO5. The van der Waals surface area contributed by atoms with E-state index in [1.165, 1.54) is 13.8 Å². The molecule has 0 aromatic rings. The van der Waals surface area contributed by atoms with Gasteiger partial charge in [0.15, 0.2) is 0 Å². The van der Waals surface area contributed by atoms with Crippen LogP contribution in [0.5, 0.6) is 0 Å². The van der Waals surface area contributed by atoms with Gasteiger partial charge in [-0.1, -0.05) is 0 Å². The minimum atomic E-state index is -1.21. The van der Waals surface area contributed by atoms with Gasteiger partial charge in [-0.3, -0.25) is 0 Å². The number of aliphatic carboxylic acids is 1. The lowest BCUT2D eigenvalue weighted by atomic mass is 9.99. The molecule has 1 unspecified atom stereocenters. The van der Waals surface area contributed by atoms with Crippen LogP contribution in [0.3, 0.4) is 0 Å². The molecule has 0 radical (unpaired) electrons. The molecule has 17 heavy (non-hydrogen) atoms. The number of carboxylic acid groups (broad SMARTS) is 1. The first kappa shape index (κ1) is 15.7. The van der Waals surface area contributed by atoms with Crippen molar-refractivity contribution in [2.75, 3.05) is 0 Å². The zero-order chi connectivity index (χ0) is 13.9. The monoisotopic (exact) mass is 247 g/mol. The Kier molecular flexibility index (Phi) is 4.94. The molecule has 0 fully saturated rings. The fraction of sp³-hybridized carbons (Fsp3) is 0.818. The number of carbonyl (C=O) groups excluding carboxylic acids is 1. The number of nitrogens with one attached hydrogen (secondary N) is 1. The first-order chi connectivity index (χ1) is 7.41. The Morgan fingerprint density at radius 3 is 2.00 bits per heavy atom. The molecule has 100 valence electrons. The summed E-state index contributed by atoms with van der Waals surface area (Å²) in [6.07, 6.45) is -0.907. The van der Waals surface area contributed by atoms with E-state index < -0.39 is 29.3 Å². The van der Waals surface area contributed by atoms with Crippen molar-refractivity contribution in [3.05, 3.63) is 0 Å². The van der Waals surface area contributed by atoms with E-state index in [1.54, 1.807) is 20.8 Å². The Hall–Kier alpha value is -1.30. The van der Waals surface area contributed by atoms with Crippen LogP contribution in [0.4, 0.5) is 4.79 Å². The second kappa shape index (κ2) is 5.35. The van der Waals surface area contributed by atoms with E-state index >= 15 is 0 Å². The quantitative estimate of drug-likeness (QED) is 0.692. The number of rotatable bonds is 4. The van der Waals surface area contributed by atoms with E-state index in [-0.39, 0.29) is 6.42 Å². The van der Waals surface area contributed by atoms with Crippen LogP contribution < -0.4 is 5.32 Å². The molecule has 0 bridgehead atoms. The molecule has 0 aromatic carbocycles. The summed E-state index contributed by atoms with van der Waals surface area (Å²) in [5.74, 6) is -1.21. The number of ether oxygens (including phenoxy) is 1. The van der Waals surface area contributed by atoms with E-state index in [0.717, 1.165) is 0 Å². The van der Waals surface area contributed by atoms with Crippen molar-refractivity contribution in [1.29, 1.82) is 0 Å². The SMILES string of the molecule is CC(C)(O)CC(NC(=O)OC(C)(C)C)C(=O)O. The Labute approximate surface area is 101 Å². The van der Waals surface area contributed by atoms with Gasteiger partial charge in [-0.15, -0.1) is 0 Å². The highest BCUT2D eigenvalue weighted by Crippen LogP contribution is 2.12. The molecular weight excluding hydrogens is 226 g/mol. The third-order valence-electron chi connectivity index (χ3n) is 1.69. The van der Waals surface area contributed by atoms with Crippen molar-refractivity contribution >= 4 is 12.1 Å². The first-order valence-electron chi connectivity index (χ1n) is 5.35. The van der Waals surface area contributed by atoms with E-state index in [2.05, 4.69) is 5.32 Å². The number of alkyl carbamates (subject to hydrolysis) is 1. The molecule has 0 rings (SSSR count). The van der Waals surface area contributed by atoms with Gasteiger partial charge in [0.25, 0.3) is 0 Å². The number of carbonyl (C=O) groups is 2. The minimum absolute atomic E-state index is 0.0957. The van der Waals surface area contributed by atoms with Crippen LogP contribution in [0.15, 0.2) is 0 Å². The number of carboxylic acids is 1.